The van der Waals surface area contributed by atoms with Crippen LogP contribution in [0.3, 0.4) is 0 Å². The van der Waals surface area contributed by atoms with E-state index in [0.717, 1.165) is 6.08 Å². The molecule has 0 bridgehead atoms. The monoisotopic (exact) mass is 202 g/mol. The Hall–Kier alpha value is -1.17. The summed E-state index contributed by atoms with van der Waals surface area (Å²) in [6, 6.07) is 0. The van der Waals surface area contributed by atoms with Crippen LogP contribution in [0.2, 0.25) is 0 Å². The fraction of sp³-hybridized carbons (Fsp3) is 0.444. The minimum absolute atomic E-state index is 0.0201. The molecule has 1 N–H and O–H groups in total. The first-order valence-electron chi connectivity index (χ1n) is 4.02. The molecule has 0 aromatic heterocycles. The van der Waals surface area contributed by atoms with Gasteiger partial charge in [-0.2, -0.15) is 0 Å². The third-order valence-electron chi connectivity index (χ3n) is 1.07. The first-order valence-corrected chi connectivity index (χ1v) is 4.02. The third-order valence-corrected chi connectivity index (χ3v) is 1.07. The molecule has 0 fully saturated rings. The van der Waals surface area contributed by atoms with Crippen molar-refractivity contribution in [2.45, 2.75) is 6.48 Å². The molecule has 0 heterocycles. The highest BCUT2D eigenvalue weighted by molar-refractivity contribution is 5.81. The van der Waals surface area contributed by atoms with Crippen LogP contribution in [-0.4, -0.2) is 37.4 Å². The predicted molar refractivity (Wildman–Crippen MR) is 49.3 cm³/mol. The topological polar surface area (TPSA) is 65.0 Å². The summed E-state index contributed by atoms with van der Waals surface area (Å²) in [7, 11) is 0. The largest absolute Gasteiger partial charge is 0.407 e. The van der Waals surface area contributed by atoms with Crippen molar-refractivity contribution in [1.82, 2.24) is 0 Å². The Kier molecular flexibility index (Phi) is 7.72. The number of aliphatic hydroxyl groups excluding tert-OH is 1. The number of aliphatic hydroxyl groups is 1. The zero-order valence-corrected chi connectivity index (χ0v) is 7.85. The van der Waals surface area contributed by atoms with Crippen LogP contribution in [0.1, 0.15) is 0 Å². The quantitative estimate of drug-likeness (QED) is 0.264. The van der Waals surface area contributed by atoms with Gasteiger partial charge >= 0.3 is 12.4 Å². The minimum Gasteiger partial charge on any atom is -0.407 e. The highest BCUT2D eigenvalue weighted by atomic mass is 16.9. The summed E-state index contributed by atoms with van der Waals surface area (Å²) in [5.41, 5.74) is 0. The van der Waals surface area contributed by atoms with Crippen molar-refractivity contribution in [2.24, 2.45) is 0 Å². The molecule has 1 unspecified atom stereocenters. The number of carbonyl (C=O) groups is 1. The lowest BCUT2D eigenvalue weighted by Crippen LogP contribution is -2.25. The van der Waals surface area contributed by atoms with Gasteiger partial charge in [-0.3, -0.25) is 0 Å². The molecule has 0 saturated heterocycles. The summed E-state index contributed by atoms with van der Waals surface area (Å²) >= 11 is 0. The molecule has 1 atom stereocenters. The summed E-state index contributed by atoms with van der Waals surface area (Å²) in [5, 5.41) is 8.47. The third kappa shape index (κ3) is 6.36. The van der Waals surface area contributed by atoms with Gasteiger partial charge in [-0.05, 0) is 0 Å². The molecular formula is C9H14O5. The number of hydrogen-bond acceptors (Lipinski definition) is 5. The standard InChI is InChI=1S/C9H14O5/c1-3-6-12-9(13-7-5-10)14-8(11)4-2/h3-4,9-10H,1-2,5-7H2. The maximum atomic E-state index is 10.8. The van der Waals surface area contributed by atoms with Gasteiger partial charge in [-0.25, -0.2) is 4.79 Å². The van der Waals surface area contributed by atoms with Crippen LogP contribution in [0.5, 0.6) is 0 Å². The van der Waals surface area contributed by atoms with E-state index < -0.39 is 12.4 Å². The lowest BCUT2D eigenvalue weighted by molar-refractivity contribution is -0.271. The van der Waals surface area contributed by atoms with Crippen LogP contribution < -0.4 is 0 Å². The van der Waals surface area contributed by atoms with E-state index >= 15 is 0 Å². The molecule has 0 aliphatic carbocycles. The van der Waals surface area contributed by atoms with Crippen LogP contribution in [-0.2, 0) is 19.0 Å². The van der Waals surface area contributed by atoms with Crippen molar-refractivity contribution in [3.8, 4) is 0 Å². The Morgan fingerprint density at radius 2 is 2.14 bits per heavy atom. The average molecular weight is 202 g/mol. The molecular weight excluding hydrogens is 188 g/mol. The molecule has 5 nitrogen and oxygen atoms in total. The Bertz CT molecular complexity index is 190. The molecule has 0 saturated carbocycles. The number of ether oxygens (including phenoxy) is 3. The van der Waals surface area contributed by atoms with Gasteiger partial charge in [-0.1, -0.05) is 12.7 Å². The van der Waals surface area contributed by atoms with E-state index in [1.165, 1.54) is 6.08 Å². The first kappa shape index (κ1) is 12.8. The molecule has 14 heavy (non-hydrogen) atoms. The molecule has 0 aliphatic rings. The second kappa shape index (κ2) is 8.43. The van der Waals surface area contributed by atoms with Crippen molar-refractivity contribution in [3.63, 3.8) is 0 Å². The molecule has 0 aromatic rings. The van der Waals surface area contributed by atoms with Gasteiger partial charge in [0.15, 0.2) is 0 Å². The molecule has 0 spiro atoms. The lowest BCUT2D eigenvalue weighted by Gasteiger charge is -2.16. The van der Waals surface area contributed by atoms with E-state index in [1.54, 1.807) is 0 Å². The highest BCUT2D eigenvalue weighted by Gasteiger charge is 2.12. The molecule has 80 valence electrons. The fourth-order valence-electron chi connectivity index (χ4n) is 0.555. The van der Waals surface area contributed by atoms with Gasteiger partial charge in [0.2, 0.25) is 0 Å². The van der Waals surface area contributed by atoms with E-state index in [4.69, 9.17) is 14.6 Å². The number of hydrogen-bond donors (Lipinski definition) is 1. The minimum atomic E-state index is -1.13. The van der Waals surface area contributed by atoms with Crippen LogP contribution in [0, 0.1) is 0 Å². The lowest BCUT2D eigenvalue weighted by atomic mass is 10.7. The second-order valence-electron chi connectivity index (χ2n) is 2.15. The first-order chi connectivity index (χ1) is 6.74. The summed E-state index contributed by atoms with van der Waals surface area (Å²) < 4.78 is 14.4. The maximum Gasteiger partial charge on any atom is 0.334 e. The fourth-order valence-corrected chi connectivity index (χ4v) is 0.555. The molecule has 0 radical (unpaired) electrons. The van der Waals surface area contributed by atoms with E-state index in [2.05, 4.69) is 17.9 Å². The molecule has 0 rings (SSSR count). The van der Waals surface area contributed by atoms with Crippen LogP contribution in [0.4, 0.5) is 0 Å². The van der Waals surface area contributed by atoms with Gasteiger partial charge in [0, 0.05) is 6.08 Å². The number of esters is 1. The Labute approximate surface area is 82.6 Å². The molecule has 5 heteroatoms. The number of carbonyl (C=O) groups excluding carboxylic acids is 1. The van der Waals surface area contributed by atoms with Crippen molar-refractivity contribution < 1.29 is 24.1 Å². The normalized spacial score (nSPS) is 11.8. The van der Waals surface area contributed by atoms with E-state index in [0.29, 0.717) is 0 Å². The van der Waals surface area contributed by atoms with Crippen molar-refractivity contribution in [3.05, 3.63) is 25.3 Å². The van der Waals surface area contributed by atoms with Gasteiger partial charge in [0.1, 0.15) is 0 Å². The van der Waals surface area contributed by atoms with Gasteiger partial charge in [-0.15, -0.1) is 6.58 Å². The molecule has 0 aromatic carbocycles. The van der Waals surface area contributed by atoms with Crippen LogP contribution in [0.25, 0.3) is 0 Å². The average Bonchev–Trinajstić information content (AvgIpc) is 2.21. The Morgan fingerprint density at radius 3 is 2.64 bits per heavy atom. The zero-order valence-electron chi connectivity index (χ0n) is 7.85. The molecule has 0 amide bonds. The van der Waals surface area contributed by atoms with Gasteiger partial charge in [0.25, 0.3) is 0 Å². The summed E-state index contributed by atoms with van der Waals surface area (Å²) in [4.78, 5) is 10.8. The predicted octanol–water partition coefficient (Wildman–Crippen LogP) is 0.211. The zero-order chi connectivity index (χ0) is 10.8. The van der Waals surface area contributed by atoms with Crippen molar-refractivity contribution >= 4 is 5.97 Å². The summed E-state index contributed by atoms with van der Waals surface area (Å²) in [5.74, 6) is -0.656. The van der Waals surface area contributed by atoms with Gasteiger partial charge in [0.05, 0.1) is 19.8 Å². The molecule has 0 aliphatic heterocycles. The van der Waals surface area contributed by atoms with E-state index in [1.807, 2.05) is 0 Å². The summed E-state index contributed by atoms with van der Waals surface area (Å²) in [6.07, 6.45) is 2.48. The Morgan fingerprint density at radius 1 is 1.43 bits per heavy atom. The van der Waals surface area contributed by atoms with Crippen LogP contribution in [0.15, 0.2) is 25.3 Å². The number of rotatable bonds is 8. The van der Waals surface area contributed by atoms with Crippen LogP contribution >= 0.6 is 0 Å². The highest BCUT2D eigenvalue weighted by Crippen LogP contribution is 1.98. The van der Waals surface area contributed by atoms with E-state index in [-0.39, 0.29) is 19.8 Å². The van der Waals surface area contributed by atoms with Gasteiger partial charge < -0.3 is 19.3 Å². The second-order valence-corrected chi connectivity index (χ2v) is 2.15. The van der Waals surface area contributed by atoms with E-state index in [9.17, 15) is 4.79 Å². The summed E-state index contributed by atoms with van der Waals surface area (Å²) in [6.45, 7) is 5.53. The smallest absolute Gasteiger partial charge is 0.334 e. The maximum absolute atomic E-state index is 10.8. The Balaban J connectivity index is 3.88. The van der Waals surface area contributed by atoms with Crippen molar-refractivity contribution in [1.29, 1.82) is 0 Å². The van der Waals surface area contributed by atoms with Crippen molar-refractivity contribution in [2.75, 3.05) is 19.8 Å². The SMILES string of the molecule is C=CCOC(OCCO)OC(=O)C=C.